The predicted octanol–water partition coefficient (Wildman–Crippen LogP) is 11.6. The topological polar surface area (TPSA) is 77.3 Å². The van der Waals surface area contributed by atoms with E-state index in [9.17, 15) is 0 Å². The van der Waals surface area contributed by atoms with Crippen molar-refractivity contribution in [3.8, 4) is 45.2 Å². The first-order chi connectivity index (χ1) is 26.7. The molecular formula is C48H28N6. The molecule has 0 fully saturated rings. The molecule has 0 spiro atoms. The minimum absolute atomic E-state index is 0.626. The summed E-state index contributed by atoms with van der Waals surface area (Å²) in [5.41, 5.74) is 11.7. The van der Waals surface area contributed by atoms with E-state index in [4.69, 9.17) is 19.9 Å². The first kappa shape index (κ1) is 30.2. The molecule has 5 heterocycles. The van der Waals surface area contributed by atoms with E-state index in [-0.39, 0.29) is 0 Å². The van der Waals surface area contributed by atoms with Crippen molar-refractivity contribution in [2.75, 3.05) is 0 Å². The number of rotatable bonds is 4. The van der Waals surface area contributed by atoms with Crippen LogP contribution in [0, 0.1) is 0 Å². The summed E-state index contributed by atoms with van der Waals surface area (Å²) < 4.78 is 0. The molecule has 250 valence electrons. The van der Waals surface area contributed by atoms with Gasteiger partial charge in [-0.25, -0.2) is 24.9 Å². The van der Waals surface area contributed by atoms with Gasteiger partial charge in [-0.15, -0.1) is 0 Å². The number of aromatic nitrogens is 6. The van der Waals surface area contributed by atoms with Gasteiger partial charge >= 0.3 is 0 Å². The van der Waals surface area contributed by atoms with Crippen LogP contribution in [0.2, 0.25) is 0 Å². The van der Waals surface area contributed by atoms with Crippen molar-refractivity contribution >= 4 is 65.3 Å². The average molecular weight is 689 g/mol. The Hall–Kier alpha value is -7.44. The van der Waals surface area contributed by atoms with Crippen LogP contribution in [0.5, 0.6) is 0 Å². The summed E-state index contributed by atoms with van der Waals surface area (Å²) in [4.78, 5) is 28.9. The minimum atomic E-state index is 0.626. The van der Waals surface area contributed by atoms with Crippen molar-refractivity contribution in [2.45, 2.75) is 0 Å². The first-order valence-corrected chi connectivity index (χ1v) is 17.9. The Labute approximate surface area is 309 Å². The maximum atomic E-state index is 5.08. The largest absolute Gasteiger partial charge is 0.254 e. The van der Waals surface area contributed by atoms with Crippen molar-refractivity contribution in [1.29, 1.82) is 0 Å². The average Bonchev–Trinajstić information content (AvgIpc) is 3.25. The molecule has 11 aromatic rings. The van der Waals surface area contributed by atoms with Gasteiger partial charge in [-0.3, -0.25) is 4.98 Å². The number of benzene rings is 6. The zero-order chi connectivity index (χ0) is 35.6. The van der Waals surface area contributed by atoms with Gasteiger partial charge < -0.3 is 0 Å². The van der Waals surface area contributed by atoms with Gasteiger partial charge in [0, 0.05) is 50.5 Å². The first-order valence-electron chi connectivity index (χ1n) is 17.9. The molecule has 0 unspecified atom stereocenters. The van der Waals surface area contributed by atoms with Crippen molar-refractivity contribution in [2.24, 2.45) is 0 Å². The molecule has 11 rings (SSSR count). The normalized spacial score (nSPS) is 11.7. The minimum Gasteiger partial charge on any atom is -0.254 e. The molecule has 0 aliphatic rings. The SMILES string of the molecule is c1ccc2nc(-c3ccc4cc(-c5ccc6nc(-c7ccc8cc(-c9ccc%10ccc%11cccnc%11c%10n9)ccc8c7)ccc6c5)ccc4n3)ncc2c1. The second-order valence-corrected chi connectivity index (χ2v) is 13.6. The second kappa shape index (κ2) is 12.1. The third-order valence-corrected chi connectivity index (χ3v) is 10.3. The Kier molecular flexibility index (Phi) is 6.75. The van der Waals surface area contributed by atoms with Crippen molar-refractivity contribution in [3.63, 3.8) is 0 Å². The van der Waals surface area contributed by atoms with Crippen LogP contribution < -0.4 is 0 Å². The van der Waals surface area contributed by atoms with E-state index < -0.39 is 0 Å². The van der Waals surface area contributed by atoms with E-state index in [1.54, 1.807) is 0 Å². The lowest BCUT2D eigenvalue weighted by Crippen LogP contribution is -1.93. The molecule has 0 aliphatic heterocycles. The van der Waals surface area contributed by atoms with E-state index in [1.165, 1.54) is 0 Å². The fourth-order valence-electron chi connectivity index (χ4n) is 7.44. The standard InChI is InChI=1S/C48H28N6/c1-2-6-40-39(4-1)28-50-48(54-40)45-22-17-38-27-34(15-20-43(38)52-45)33-14-19-41-37(26-33)16-21-42(51-41)35-11-9-32-25-36(12-10-31(32)24-35)44-18-13-30-8-7-29-5-3-23-49-46(29)47(30)53-44/h1-28H. The Balaban J connectivity index is 0.867. The highest BCUT2D eigenvalue weighted by atomic mass is 14.9. The summed E-state index contributed by atoms with van der Waals surface area (Å²) in [7, 11) is 0. The molecule has 0 saturated carbocycles. The van der Waals surface area contributed by atoms with Crippen LogP contribution in [-0.4, -0.2) is 29.9 Å². The lowest BCUT2D eigenvalue weighted by molar-refractivity contribution is 1.19. The molecule has 0 radical (unpaired) electrons. The van der Waals surface area contributed by atoms with Crippen molar-refractivity contribution < 1.29 is 0 Å². The maximum Gasteiger partial charge on any atom is 0.178 e. The van der Waals surface area contributed by atoms with Crippen LogP contribution in [0.25, 0.3) is 110 Å². The zero-order valence-electron chi connectivity index (χ0n) is 28.8. The van der Waals surface area contributed by atoms with Crippen LogP contribution in [0.3, 0.4) is 0 Å². The van der Waals surface area contributed by atoms with E-state index in [0.29, 0.717) is 5.82 Å². The Morgan fingerprint density at radius 3 is 1.56 bits per heavy atom. The van der Waals surface area contributed by atoms with Crippen molar-refractivity contribution in [1.82, 2.24) is 29.9 Å². The third kappa shape index (κ3) is 5.20. The lowest BCUT2D eigenvalue weighted by atomic mass is 9.99. The Morgan fingerprint density at radius 1 is 0.296 bits per heavy atom. The maximum absolute atomic E-state index is 5.08. The van der Waals surface area contributed by atoms with Gasteiger partial charge in [0.05, 0.1) is 39.0 Å². The number of fused-ring (bicyclic) bond motifs is 7. The molecule has 5 aromatic heterocycles. The highest BCUT2D eigenvalue weighted by Crippen LogP contribution is 2.32. The van der Waals surface area contributed by atoms with Crippen LogP contribution in [-0.2, 0) is 0 Å². The monoisotopic (exact) mass is 688 g/mol. The van der Waals surface area contributed by atoms with Crippen LogP contribution in [0.1, 0.15) is 0 Å². The molecule has 0 bridgehead atoms. The fourth-order valence-corrected chi connectivity index (χ4v) is 7.44. The number of nitrogens with zero attached hydrogens (tertiary/aromatic N) is 6. The molecule has 54 heavy (non-hydrogen) atoms. The summed E-state index contributed by atoms with van der Waals surface area (Å²) >= 11 is 0. The van der Waals surface area contributed by atoms with E-state index in [1.807, 2.05) is 48.8 Å². The molecule has 0 atom stereocenters. The molecular weight excluding hydrogens is 661 g/mol. The number of pyridine rings is 4. The smallest absolute Gasteiger partial charge is 0.178 e. The van der Waals surface area contributed by atoms with Gasteiger partial charge in [0.1, 0.15) is 5.69 Å². The summed E-state index contributed by atoms with van der Waals surface area (Å²) in [6.07, 6.45) is 3.68. The van der Waals surface area contributed by atoms with Gasteiger partial charge in [-0.1, -0.05) is 91.0 Å². The predicted molar refractivity (Wildman–Crippen MR) is 220 cm³/mol. The van der Waals surface area contributed by atoms with Crippen LogP contribution >= 0.6 is 0 Å². The molecule has 6 heteroatoms. The van der Waals surface area contributed by atoms with E-state index in [0.717, 1.165) is 105 Å². The fraction of sp³-hybridized carbons (Fsp3) is 0. The molecule has 0 N–H and O–H groups in total. The lowest BCUT2D eigenvalue weighted by Gasteiger charge is -2.09. The highest BCUT2D eigenvalue weighted by molar-refractivity contribution is 6.03. The quantitative estimate of drug-likeness (QED) is 0.171. The van der Waals surface area contributed by atoms with Gasteiger partial charge in [0.15, 0.2) is 5.82 Å². The Morgan fingerprint density at radius 2 is 0.815 bits per heavy atom. The summed E-state index contributed by atoms with van der Waals surface area (Å²) in [5, 5.41) is 7.66. The van der Waals surface area contributed by atoms with Gasteiger partial charge in [0.2, 0.25) is 0 Å². The summed E-state index contributed by atoms with van der Waals surface area (Å²) in [6, 6.07) is 54.8. The second-order valence-electron chi connectivity index (χ2n) is 13.6. The summed E-state index contributed by atoms with van der Waals surface area (Å²) in [5.74, 6) is 0.626. The number of para-hydroxylation sites is 1. The van der Waals surface area contributed by atoms with Crippen molar-refractivity contribution in [3.05, 3.63) is 170 Å². The molecule has 0 saturated heterocycles. The van der Waals surface area contributed by atoms with Crippen LogP contribution in [0.15, 0.2) is 170 Å². The van der Waals surface area contributed by atoms with Gasteiger partial charge in [-0.2, -0.15) is 0 Å². The van der Waals surface area contributed by atoms with Crippen LogP contribution in [0.4, 0.5) is 0 Å². The number of hydrogen-bond acceptors (Lipinski definition) is 6. The van der Waals surface area contributed by atoms with E-state index in [2.05, 4.69) is 131 Å². The zero-order valence-corrected chi connectivity index (χ0v) is 28.8. The Bertz CT molecular complexity index is 3300. The van der Waals surface area contributed by atoms with Gasteiger partial charge in [-0.05, 0) is 88.6 Å². The molecule has 0 amide bonds. The molecule has 6 aromatic carbocycles. The molecule has 6 nitrogen and oxygen atoms in total. The highest BCUT2D eigenvalue weighted by Gasteiger charge is 2.11. The number of hydrogen-bond donors (Lipinski definition) is 0. The molecule has 0 aliphatic carbocycles. The van der Waals surface area contributed by atoms with E-state index >= 15 is 0 Å². The third-order valence-electron chi connectivity index (χ3n) is 10.3. The van der Waals surface area contributed by atoms with Gasteiger partial charge in [0.25, 0.3) is 0 Å². The summed E-state index contributed by atoms with van der Waals surface area (Å²) in [6.45, 7) is 0.